The number of hydrogen-bond donors (Lipinski definition) is 1. The van der Waals surface area contributed by atoms with Crippen molar-refractivity contribution in [3.63, 3.8) is 0 Å². The number of carboxylic acids is 1. The molecule has 0 aromatic heterocycles. The summed E-state index contributed by atoms with van der Waals surface area (Å²) in [7, 11) is 0. The van der Waals surface area contributed by atoms with Crippen LogP contribution in [-0.4, -0.2) is 17.7 Å². The molecule has 0 saturated carbocycles. The fourth-order valence-electron chi connectivity index (χ4n) is 3.29. The number of amides is 1. The third kappa shape index (κ3) is 4.14. The topological polar surface area (TPSA) is 86.3 Å². The molecule has 138 valence electrons. The molecular weight excluding hydrogens is 342 g/mol. The first-order valence-corrected chi connectivity index (χ1v) is 8.84. The highest BCUT2D eigenvalue weighted by molar-refractivity contribution is 6.14. The van der Waals surface area contributed by atoms with Crippen LogP contribution in [0.2, 0.25) is 0 Å². The zero-order valence-corrected chi connectivity index (χ0v) is 15.0. The fourth-order valence-corrected chi connectivity index (χ4v) is 3.29. The molecule has 0 bridgehead atoms. The Morgan fingerprint density at radius 2 is 1.63 bits per heavy atom. The Morgan fingerprint density at radius 1 is 0.963 bits per heavy atom. The lowest BCUT2D eigenvalue weighted by molar-refractivity contribution is -0.313. The van der Waals surface area contributed by atoms with Crippen molar-refractivity contribution in [1.82, 2.24) is 0 Å². The lowest BCUT2D eigenvalue weighted by Gasteiger charge is -2.28. The number of aryl methyl sites for hydroxylation is 1. The molecule has 0 saturated heterocycles. The number of rotatable bonds is 5. The molecule has 5 nitrogen and oxygen atoms in total. The lowest BCUT2D eigenvalue weighted by Crippen LogP contribution is -2.41. The van der Waals surface area contributed by atoms with Crippen LogP contribution in [0, 0.1) is 18.8 Å². The van der Waals surface area contributed by atoms with Gasteiger partial charge < -0.3 is 15.2 Å². The fraction of sp³-hybridized carbons (Fsp3) is 0.227. The van der Waals surface area contributed by atoms with Crippen molar-refractivity contribution in [3.8, 4) is 0 Å². The van der Waals surface area contributed by atoms with Crippen molar-refractivity contribution in [2.45, 2.75) is 19.8 Å². The summed E-state index contributed by atoms with van der Waals surface area (Å²) in [5.41, 5.74) is 2.17. The third-order valence-electron chi connectivity index (χ3n) is 4.79. The maximum absolute atomic E-state index is 12.9. The Balaban J connectivity index is 1.89. The van der Waals surface area contributed by atoms with E-state index in [4.69, 9.17) is 0 Å². The largest absolute Gasteiger partial charge is 0.550 e. The number of carboxylic acid groups (broad SMARTS) is 1. The Labute approximate surface area is 157 Å². The maximum atomic E-state index is 12.9. The van der Waals surface area contributed by atoms with Gasteiger partial charge >= 0.3 is 0 Å². The van der Waals surface area contributed by atoms with Crippen LogP contribution in [0.5, 0.6) is 0 Å². The molecule has 0 heterocycles. The number of nitrogens with one attached hydrogen (secondary N) is 1. The summed E-state index contributed by atoms with van der Waals surface area (Å²) in [5.74, 6) is -3.44. The zero-order valence-electron chi connectivity index (χ0n) is 15.0. The Morgan fingerprint density at radius 3 is 2.30 bits per heavy atom. The standard InChI is InChI=1S/C22H21NO4/c1-14-11-12-19(18(13-14)20(24)15-7-3-2-4-8-15)23-21(25)16-9-5-6-10-17(16)22(26)27/h2-8,11-13,16-17H,9-10H2,1H3,(H,23,25)(H,26,27)/p-1/t16-,17-/m1/s1. The molecular formula is C22H20NO4-. The van der Waals surface area contributed by atoms with Crippen LogP contribution >= 0.6 is 0 Å². The van der Waals surface area contributed by atoms with Crippen LogP contribution in [0.3, 0.4) is 0 Å². The summed E-state index contributed by atoms with van der Waals surface area (Å²) in [6.07, 6.45) is 4.15. The first kappa shape index (κ1) is 18.6. The van der Waals surface area contributed by atoms with E-state index in [1.807, 2.05) is 13.0 Å². The van der Waals surface area contributed by atoms with E-state index in [0.29, 0.717) is 23.2 Å². The number of anilines is 1. The normalized spacial score (nSPS) is 18.7. The van der Waals surface area contributed by atoms with Crippen LogP contribution in [0.1, 0.15) is 34.3 Å². The van der Waals surface area contributed by atoms with Crippen molar-refractivity contribution < 1.29 is 19.5 Å². The van der Waals surface area contributed by atoms with Crippen molar-refractivity contribution >= 4 is 23.3 Å². The van der Waals surface area contributed by atoms with Gasteiger partial charge in [0, 0.05) is 23.0 Å². The van der Waals surface area contributed by atoms with Gasteiger partial charge in [-0.05, 0) is 31.9 Å². The highest BCUT2D eigenvalue weighted by Gasteiger charge is 2.30. The second-order valence-corrected chi connectivity index (χ2v) is 6.71. The Bertz CT molecular complexity index is 902. The van der Waals surface area contributed by atoms with Gasteiger partial charge in [0.2, 0.25) is 5.91 Å². The van der Waals surface area contributed by atoms with E-state index in [0.717, 1.165) is 5.56 Å². The quantitative estimate of drug-likeness (QED) is 0.654. The molecule has 0 spiro atoms. The summed E-state index contributed by atoms with van der Waals surface area (Å²) >= 11 is 0. The predicted octanol–water partition coefficient (Wildman–Crippen LogP) is 2.50. The SMILES string of the molecule is Cc1ccc(NC(=O)[C@@H]2CC=CC[C@H]2C(=O)[O-])c(C(=O)c2ccccc2)c1. The second-order valence-electron chi connectivity index (χ2n) is 6.71. The molecule has 27 heavy (non-hydrogen) atoms. The smallest absolute Gasteiger partial charge is 0.228 e. The average molecular weight is 362 g/mol. The number of aliphatic carboxylic acids is 1. The Kier molecular flexibility index (Phi) is 5.50. The van der Waals surface area contributed by atoms with E-state index in [2.05, 4.69) is 5.32 Å². The van der Waals surface area contributed by atoms with E-state index < -0.39 is 23.7 Å². The first-order valence-electron chi connectivity index (χ1n) is 8.84. The van der Waals surface area contributed by atoms with Crippen LogP contribution in [0.25, 0.3) is 0 Å². The molecule has 0 unspecified atom stereocenters. The van der Waals surface area contributed by atoms with Gasteiger partial charge in [-0.3, -0.25) is 9.59 Å². The van der Waals surface area contributed by atoms with E-state index in [1.165, 1.54) is 0 Å². The number of carbonyl (C=O) groups is 3. The van der Waals surface area contributed by atoms with Gasteiger partial charge in [-0.15, -0.1) is 0 Å². The summed E-state index contributed by atoms with van der Waals surface area (Å²) in [5, 5.41) is 14.1. The summed E-state index contributed by atoms with van der Waals surface area (Å²) in [6.45, 7) is 1.87. The average Bonchev–Trinajstić information content (AvgIpc) is 2.69. The van der Waals surface area contributed by atoms with Gasteiger partial charge in [0.25, 0.3) is 0 Å². The molecule has 1 aliphatic carbocycles. The minimum atomic E-state index is -1.23. The van der Waals surface area contributed by atoms with Crippen molar-refractivity contribution in [1.29, 1.82) is 0 Å². The first-order chi connectivity index (χ1) is 13.0. The number of ketones is 1. The number of hydrogen-bond acceptors (Lipinski definition) is 4. The lowest BCUT2D eigenvalue weighted by atomic mass is 9.82. The van der Waals surface area contributed by atoms with Crippen LogP contribution in [-0.2, 0) is 9.59 Å². The number of allylic oxidation sites excluding steroid dienone is 2. The van der Waals surface area contributed by atoms with Gasteiger partial charge in [0.1, 0.15) is 0 Å². The van der Waals surface area contributed by atoms with Gasteiger partial charge in [-0.25, -0.2) is 0 Å². The highest BCUT2D eigenvalue weighted by Crippen LogP contribution is 2.28. The summed E-state index contributed by atoms with van der Waals surface area (Å²) < 4.78 is 0. The molecule has 1 N–H and O–H groups in total. The minimum Gasteiger partial charge on any atom is -0.550 e. The number of carbonyl (C=O) groups excluding carboxylic acids is 3. The van der Waals surface area contributed by atoms with E-state index >= 15 is 0 Å². The summed E-state index contributed by atoms with van der Waals surface area (Å²) in [4.78, 5) is 37.0. The van der Waals surface area contributed by atoms with Gasteiger partial charge in [0.15, 0.2) is 5.78 Å². The van der Waals surface area contributed by atoms with Crippen molar-refractivity contribution in [3.05, 3.63) is 77.4 Å². The molecule has 1 amide bonds. The molecule has 0 fully saturated rings. The van der Waals surface area contributed by atoms with Gasteiger partial charge in [-0.1, -0.05) is 54.1 Å². The summed E-state index contributed by atoms with van der Waals surface area (Å²) in [6, 6.07) is 14.0. The molecule has 2 aromatic rings. The van der Waals surface area contributed by atoms with Crippen molar-refractivity contribution in [2.24, 2.45) is 11.8 Å². The number of benzene rings is 2. The molecule has 2 aromatic carbocycles. The molecule has 5 heteroatoms. The van der Waals surface area contributed by atoms with E-state index in [9.17, 15) is 19.5 Å². The third-order valence-corrected chi connectivity index (χ3v) is 4.79. The minimum absolute atomic E-state index is 0.199. The highest BCUT2D eigenvalue weighted by atomic mass is 16.4. The predicted molar refractivity (Wildman–Crippen MR) is 100 cm³/mol. The second kappa shape index (κ2) is 7.99. The zero-order chi connectivity index (χ0) is 19.4. The van der Waals surface area contributed by atoms with Crippen LogP contribution in [0.4, 0.5) is 5.69 Å². The molecule has 0 aliphatic heterocycles. The molecule has 3 rings (SSSR count). The van der Waals surface area contributed by atoms with Crippen LogP contribution < -0.4 is 10.4 Å². The van der Waals surface area contributed by atoms with E-state index in [-0.39, 0.29) is 12.2 Å². The van der Waals surface area contributed by atoms with Crippen LogP contribution in [0.15, 0.2) is 60.7 Å². The molecule has 1 aliphatic rings. The molecule has 0 radical (unpaired) electrons. The maximum Gasteiger partial charge on any atom is 0.228 e. The van der Waals surface area contributed by atoms with E-state index in [1.54, 1.807) is 54.6 Å². The van der Waals surface area contributed by atoms with Crippen molar-refractivity contribution in [2.75, 3.05) is 5.32 Å². The van der Waals surface area contributed by atoms with Gasteiger partial charge in [-0.2, -0.15) is 0 Å². The monoisotopic (exact) mass is 362 g/mol. The van der Waals surface area contributed by atoms with Gasteiger partial charge in [0.05, 0.1) is 11.6 Å². The molecule has 2 atom stereocenters. The Hall–Kier alpha value is -3.21.